The average Bonchev–Trinajstić information content (AvgIpc) is 2.58. The predicted octanol–water partition coefficient (Wildman–Crippen LogP) is 5.14. The molecular weight excluding hydrogens is 381 g/mol. The number of halogens is 3. The minimum atomic E-state index is -4.33. The summed E-state index contributed by atoms with van der Waals surface area (Å²) in [6.07, 6.45) is 1.59. The van der Waals surface area contributed by atoms with Crippen LogP contribution in [0.15, 0.2) is 64.8 Å². The molecule has 1 N–H and O–H groups in total. The number of allylic oxidation sites excluding steroid dienone is 6. The summed E-state index contributed by atoms with van der Waals surface area (Å²) in [6.45, 7) is 13.0. The van der Waals surface area contributed by atoms with Gasteiger partial charge in [0.15, 0.2) is 9.84 Å². The maximum absolute atomic E-state index is 11.7. The van der Waals surface area contributed by atoms with Gasteiger partial charge in [0, 0.05) is 0 Å². The zero-order valence-electron chi connectivity index (χ0n) is 15.9. The molecule has 0 aliphatic heterocycles. The van der Waals surface area contributed by atoms with E-state index in [1.54, 1.807) is 11.8 Å². The van der Waals surface area contributed by atoms with Crippen LogP contribution in [0.5, 0.6) is 0 Å². The molecule has 0 aromatic rings. The molecule has 0 spiro atoms. The first-order valence-corrected chi connectivity index (χ1v) is 9.56. The van der Waals surface area contributed by atoms with E-state index in [2.05, 4.69) is 13.2 Å². The summed E-state index contributed by atoms with van der Waals surface area (Å²) in [5.41, 5.74) is 1.53. The second-order valence-corrected chi connectivity index (χ2v) is 7.42. The Kier molecular flexibility index (Phi) is 12.1. The third-order valence-corrected chi connectivity index (χ3v) is 4.99. The number of carbonyl (C=O) groups is 1. The van der Waals surface area contributed by atoms with E-state index in [0.29, 0.717) is 0 Å². The maximum atomic E-state index is 11.7. The summed E-state index contributed by atoms with van der Waals surface area (Å²) in [6, 6.07) is 0. The fourth-order valence-electron chi connectivity index (χ4n) is 1.41. The zero-order valence-corrected chi connectivity index (χ0v) is 16.7. The van der Waals surface area contributed by atoms with Crippen LogP contribution in [0.4, 0.5) is 13.2 Å². The molecule has 152 valence electrons. The number of alkyl halides is 3. The van der Waals surface area contributed by atoms with Crippen LogP contribution in [0.3, 0.4) is 0 Å². The number of hydrogen-bond acceptors (Lipinski definition) is 3. The smallest absolute Gasteiger partial charge is 0.423 e. The van der Waals surface area contributed by atoms with Crippen LogP contribution in [0, 0.1) is 0 Å². The molecule has 0 atom stereocenters. The van der Waals surface area contributed by atoms with Gasteiger partial charge in [0.2, 0.25) is 0 Å². The number of sulfone groups is 1. The van der Waals surface area contributed by atoms with Crippen LogP contribution in [-0.2, 0) is 14.6 Å². The molecule has 0 aromatic carbocycles. The molecule has 0 saturated heterocycles. The van der Waals surface area contributed by atoms with Crippen molar-refractivity contribution in [3.8, 4) is 0 Å². The fourth-order valence-corrected chi connectivity index (χ4v) is 2.46. The first kappa shape index (κ1) is 26.9. The number of rotatable bonds is 7. The highest BCUT2D eigenvalue weighted by molar-refractivity contribution is 7.95. The number of carboxylic acids is 1. The molecule has 0 amide bonds. The lowest BCUT2D eigenvalue weighted by Crippen LogP contribution is -2.13. The van der Waals surface area contributed by atoms with E-state index in [0.717, 1.165) is 18.1 Å². The molecule has 27 heavy (non-hydrogen) atoms. The second kappa shape index (κ2) is 12.1. The lowest BCUT2D eigenvalue weighted by molar-refractivity contribution is -0.132. The highest BCUT2D eigenvalue weighted by atomic mass is 32.2. The highest BCUT2D eigenvalue weighted by Crippen LogP contribution is 2.25. The molecule has 0 aromatic heterocycles. The summed E-state index contributed by atoms with van der Waals surface area (Å²) >= 11 is 0. The van der Waals surface area contributed by atoms with Crippen LogP contribution in [0.1, 0.15) is 34.1 Å². The summed E-state index contributed by atoms with van der Waals surface area (Å²) in [5.74, 6) is -1.47. The molecule has 0 rings (SSSR count). The van der Waals surface area contributed by atoms with Gasteiger partial charge in [-0.25, -0.2) is 13.2 Å². The third-order valence-electron chi connectivity index (χ3n) is 3.18. The lowest BCUT2D eigenvalue weighted by Gasteiger charge is -2.06. The van der Waals surface area contributed by atoms with Crippen LogP contribution in [0.25, 0.3) is 0 Å². The quantitative estimate of drug-likeness (QED) is 0.361. The monoisotopic (exact) mass is 406 g/mol. The fraction of sp³-hybridized carbons (Fsp3) is 0.368. The number of hydrogen-bond donors (Lipinski definition) is 1. The van der Waals surface area contributed by atoms with Gasteiger partial charge in [-0.15, -0.1) is 5.73 Å². The van der Waals surface area contributed by atoms with Crippen LogP contribution < -0.4 is 0 Å². The van der Waals surface area contributed by atoms with E-state index in [-0.39, 0.29) is 10.7 Å². The molecule has 8 heteroatoms. The van der Waals surface area contributed by atoms with Gasteiger partial charge >= 0.3 is 12.1 Å². The van der Waals surface area contributed by atoms with Gasteiger partial charge in [0.25, 0.3) is 0 Å². The van der Waals surface area contributed by atoms with E-state index in [1.165, 1.54) is 26.0 Å². The van der Waals surface area contributed by atoms with E-state index in [1.807, 2.05) is 13.8 Å². The van der Waals surface area contributed by atoms with Gasteiger partial charge in [0.05, 0.1) is 21.8 Å². The van der Waals surface area contributed by atoms with Crippen molar-refractivity contribution in [3.63, 3.8) is 0 Å². The SMILES string of the molecule is C=C(C(=O)O)/C(=C\C=C(/C)CC)S(=O)(=O)CC.C=C=C(/C=C\C)C(F)(F)F. The topological polar surface area (TPSA) is 71.4 Å². The van der Waals surface area contributed by atoms with E-state index >= 15 is 0 Å². The molecule has 0 fully saturated rings. The summed E-state index contributed by atoms with van der Waals surface area (Å²) < 4.78 is 58.6. The molecule has 0 aliphatic rings. The second-order valence-electron chi connectivity index (χ2n) is 5.17. The van der Waals surface area contributed by atoms with E-state index in [4.69, 9.17) is 5.11 Å². The Balaban J connectivity index is 0. The standard InChI is InChI=1S/C12H18O4S.C7H7F3/c1-5-9(3)7-8-11(10(4)12(13)14)17(15,16)6-2;1-3-5-6(4-2)7(8,9)10/h7-8H,4-6H2,1-3H3,(H,13,14);3,5H,2H2,1H3/b9-7+,11-8+;5-3-. The highest BCUT2D eigenvalue weighted by Gasteiger charge is 2.31. The number of carboxylic acid groups (broad SMARTS) is 1. The molecular formula is C19H25F3O4S. The summed E-state index contributed by atoms with van der Waals surface area (Å²) in [4.78, 5) is 10.6. The zero-order chi connectivity index (χ0) is 21.8. The largest absolute Gasteiger partial charge is 0.478 e. The normalized spacial score (nSPS) is 12.9. The molecule has 0 heterocycles. The Morgan fingerprint density at radius 2 is 1.74 bits per heavy atom. The Labute approximate surface area is 158 Å². The van der Waals surface area contributed by atoms with Crippen LogP contribution >= 0.6 is 0 Å². The van der Waals surface area contributed by atoms with Crippen LogP contribution in [0.2, 0.25) is 0 Å². The average molecular weight is 406 g/mol. The minimum absolute atomic E-state index is 0.149. The molecule has 0 bridgehead atoms. The van der Waals surface area contributed by atoms with E-state index < -0.39 is 33.1 Å². The third kappa shape index (κ3) is 10.4. The van der Waals surface area contributed by atoms with Crippen molar-refractivity contribution < 1.29 is 31.5 Å². The Morgan fingerprint density at radius 1 is 1.22 bits per heavy atom. The van der Waals surface area contributed by atoms with Crippen molar-refractivity contribution in [1.82, 2.24) is 0 Å². The molecule has 0 saturated carbocycles. The first-order chi connectivity index (χ1) is 12.3. The van der Waals surface area contributed by atoms with Crippen molar-refractivity contribution in [3.05, 3.63) is 64.8 Å². The van der Waals surface area contributed by atoms with Crippen LogP contribution in [-0.4, -0.2) is 31.4 Å². The maximum Gasteiger partial charge on any atom is 0.423 e. The van der Waals surface area contributed by atoms with Crippen molar-refractivity contribution in [2.45, 2.75) is 40.3 Å². The lowest BCUT2D eigenvalue weighted by atomic mass is 10.2. The van der Waals surface area contributed by atoms with Crippen molar-refractivity contribution >= 4 is 15.8 Å². The summed E-state index contributed by atoms with van der Waals surface area (Å²) in [7, 11) is -3.57. The van der Waals surface area contributed by atoms with Gasteiger partial charge in [-0.3, -0.25) is 0 Å². The van der Waals surface area contributed by atoms with Gasteiger partial charge < -0.3 is 5.11 Å². The Bertz CT molecular complexity index is 776. The summed E-state index contributed by atoms with van der Waals surface area (Å²) in [5, 5.41) is 8.81. The van der Waals surface area contributed by atoms with Gasteiger partial charge in [-0.05, 0) is 32.4 Å². The first-order valence-electron chi connectivity index (χ1n) is 7.91. The molecule has 4 nitrogen and oxygen atoms in total. The van der Waals surface area contributed by atoms with E-state index in [9.17, 15) is 26.4 Å². The number of aliphatic carboxylic acids is 1. The van der Waals surface area contributed by atoms with Crippen molar-refractivity contribution in [1.29, 1.82) is 0 Å². The van der Waals surface area contributed by atoms with Gasteiger partial charge in [0.1, 0.15) is 0 Å². The Morgan fingerprint density at radius 3 is 2.00 bits per heavy atom. The van der Waals surface area contributed by atoms with Crippen molar-refractivity contribution in [2.24, 2.45) is 0 Å². The van der Waals surface area contributed by atoms with Gasteiger partial charge in [-0.2, -0.15) is 13.2 Å². The molecule has 0 radical (unpaired) electrons. The predicted molar refractivity (Wildman–Crippen MR) is 102 cm³/mol. The van der Waals surface area contributed by atoms with Gasteiger partial charge in [-0.1, -0.05) is 44.7 Å². The minimum Gasteiger partial charge on any atom is -0.478 e. The molecule has 0 unspecified atom stereocenters. The Hall–Kier alpha value is -2.31. The van der Waals surface area contributed by atoms with Crippen molar-refractivity contribution in [2.75, 3.05) is 5.75 Å². The molecule has 0 aliphatic carbocycles.